The molecule has 2 aromatic heterocycles. The summed E-state index contributed by atoms with van der Waals surface area (Å²) in [6.07, 6.45) is 0. The van der Waals surface area contributed by atoms with Crippen LogP contribution in [0.2, 0.25) is 0 Å². The maximum Gasteiger partial charge on any atom is 0.355 e. The number of benzene rings is 1. The number of carboxylic acids is 1. The maximum atomic E-state index is 11.0. The second-order valence-electron chi connectivity index (χ2n) is 5.77. The normalized spacial score (nSPS) is 14.5. The van der Waals surface area contributed by atoms with Crippen LogP contribution in [0.15, 0.2) is 35.7 Å². The highest BCUT2D eigenvalue weighted by Crippen LogP contribution is 2.29. The first kappa shape index (κ1) is 16.6. The number of aromatic nitrogens is 3. The largest absolute Gasteiger partial charge is 0.493 e. The third-order valence-corrected chi connectivity index (χ3v) is 4.92. The van der Waals surface area contributed by atoms with E-state index in [2.05, 4.69) is 15.0 Å². The predicted octanol–water partition coefficient (Wildman–Crippen LogP) is 2.24. The van der Waals surface area contributed by atoms with Gasteiger partial charge < -0.3 is 19.8 Å². The molecule has 1 aliphatic heterocycles. The van der Waals surface area contributed by atoms with Crippen LogP contribution in [-0.4, -0.2) is 57.3 Å². The van der Waals surface area contributed by atoms with E-state index in [-0.39, 0.29) is 11.6 Å². The van der Waals surface area contributed by atoms with Gasteiger partial charge in [-0.25, -0.2) is 9.78 Å². The van der Waals surface area contributed by atoms with E-state index in [1.165, 1.54) is 10.1 Å². The minimum Gasteiger partial charge on any atom is -0.493 e. The quantitative estimate of drug-likeness (QED) is 0.724. The fourth-order valence-corrected chi connectivity index (χ4v) is 3.55. The molecule has 0 unspecified atom stereocenters. The third-order valence-electron chi connectivity index (χ3n) is 4.10. The number of carboxylic acid groups (broad SMARTS) is 1. The molecule has 1 fully saturated rings. The van der Waals surface area contributed by atoms with Crippen LogP contribution < -0.4 is 4.90 Å². The molecule has 9 heteroatoms. The summed E-state index contributed by atoms with van der Waals surface area (Å²) in [6.45, 7) is 3.08. The molecule has 0 aliphatic carbocycles. The van der Waals surface area contributed by atoms with E-state index in [0.717, 1.165) is 35.7 Å². The molecule has 4 rings (SSSR count). The molecular formula is C17H16N4O4S. The second-order valence-corrected chi connectivity index (χ2v) is 6.61. The van der Waals surface area contributed by atoms with Crippen molar-refractivity contribution in [2.45, 2.75) is 0 Å². The van der Waals surface area contributed by atoms with Crippen molar-refractivity contribution >= 4 is 23.0 Å². The van der Waals surface area contributed by atoms with E-state index in [9.17, 15) is 9.90 Å². The van der Waals surface area contributed by atoms with Crippen LogP contribution in [0, 0.1) is 0 Å². The lowest BCUT2D eigenvalue weighted by Gasteiger charge is -2.29. The first-order valence-electron chi connectivity index (χ1n) is 8.03. The number of anilines is 1. The summed E-state index contributed by atoms with van der Waals surface area (Å²) in [5.41, 5.74) is 2.45. The van der Waals surface area contributed by atoms with Crippen molar-refractivity contribution in [1.82, 2.24) is 14.8 Å². The molecule has 3 aromatic rings. The fraction of sp³-hybridized carbons (Fsp3) is 0.235. The number of aromatic hydroxyl groups is 1. The Morgan fingerprint density at radius 1 is 1.23 bits per heavy atom. The highest BCUT2D eigenvalue weighted by atomic mass is 32.1. The van der Waals surface area contributed by atoms with Crippen LogP contribution in [0.4, 0.5) is 5.69 Å². The Hall–Kier alpha value is -2.91. The van der Waals surface area contributed by atoms with Gasteiger partial charge in [0.2, 0.25) is 11.0 Å². The maximum absolute atomic E-state index is 11.0. The van der Waals surface area contributed by atoms with Crippen LogP contribution >= 0.6 is 11.3 Å². The Labute approximate surface area is 152 Å². The molecule has 1 saturated heterocycles. The van der Waals surface area contributed by atoms with Crippen molar-refractivity contribution in [2.24, 2.45) is 0 Å². The van der Waals surface area contributed by atoms with Crippen molar-refractivity contribution in [3.8, 4) is 22.3 Å². The number of nitrogens with zero attached hydrogens (tertiary/aromatic N) is 4. The average Bonchev–Trinajstić information content (AvgIpc) is 3.29. The van der Waals surface area contributed by atoms with E-state index in [1.807, 2.05) is 24.3 Å². The second kappa shape index (κ2) is 6.77. The van der Waals surface area contributed by atoms with Gasteiger partial charge in [-0.2, -0.15) is 9.78 Å². The first-order chi connectivity index (χ1) is 12.6. The number of morpholine rings is 1. The molecule has 3 heterocycles. The van der Waals surface area contributed by atoms with Crippen LogP contribution in [-0.2, 0) is 4.74 Å². The molecule has 1 aliphatic rings. The van der Waals surface area contributed by atoms with Gasteiger partial charge in [0.05, 0.1) is 18.9 Å². The van der Waals surface area contributed by atoms with Gasteiger partial charge in [-0.3, -0.25) is 0 Å². The van der Waals surface area contributed by atoms with Gasteiger partial charge in [0.1, 0.15) is 0 Å². The average molecular weight is 372 g/mol. The molecule has 0 radical (unpaired) electrons. The summed E-state index contributed by atoms with van der Waals surface area (Å²) in [5.74, 6) is -1.21. The van der Waals surface area contributed by atoms with Gasteiger partial charge in [-0.1, -0.05) is 12.1 Å². The van der Waals surface area contributed by atoms with Crippen molar-refractivity contribution in [2.75, 3.05) is 31.2 Å². The summed E-state index contributed by atoms with van der Waals surface area (Å²) in [7, 11) is 0. The number of hydrogen-bond donors (Lipinski definition) is 2. The molecule has 0 bridgehead atoms. The van der Waals surface area contributed by atoms with Crippen molar-refractivity contribution in [3.63, 3.8) is 0 Å². The van der Waals surface area contributed by atoms with Crippen molar-refractivity contribution in [1.29, 1.82) is 0 Å². The third kappa shape index (κ3) is 3.14. The molecule has 26 heavy (non-hydrogen) atoms. The van der Waals surface area contributed by atoms with Gasteiger partial charge in [-0.05, 0) is 12.1 Å². The SMILES string of the molecule is O=C(O)c1csc(-n2nc(-c3cccc(N4CCOCC4)c3)cc2O)n1. The smallest absolute Gasteiger partial charge is 0.355 e. The molecule has 134 valence electrons. The standard InChI is InChI=1S/C17H16N4O4S/c22-15-9-13(19-21(15)17-18-14(10-26-17)16(23)24)11-2-1-3-12(8-11)20-4-6-25-7-5-20/h1-3,8-10,22H,4-7H2,(H,23,24). The minimum absolute atomic E-state index is 0.0734. The van der Waals surface area contributed by atoms with E-state index >= 15 is 0 Å². The topological polar surface area (TPSA) is 101 Å². The van der Waals surface area contributed by atoms with Crippen molar-refractivity contribution in [3.05, 3.63) is 41.4 Å². The zero-order valence-corrected chi connectivity index (χ0v) is 14.5. The van der Waals surface area contributed by atoms with Gasteiger partial charge in [0.25, 0.3) is 0 Å². The fourth-order valence-electron chi connectivity index (χ4n) is 2.80. The molecule has 0 spiro atoms. The summed E-state index contributed by atoms with van der Waals surface area (Å²) < 4.78 is 6.63. The Bertz CT molecular complexity index is 946. The minimum atomic E-state index is -1.11. The molecule has 0 amide bonds. The Morgan fingerprint density at radius 3 is 2.77 bits per heavy atom. The van der Waals surface area contributed by atoms with E-state index in [1.54, 1.807) is 6.07 Å². The molecule has 8 nitrogen and oxygen atoms in total. The lowest BCUT2D eigenvalue weighted by Crippen LogP contribution is -2.36. The summed E-state index contributed by atoms with van der Waals surface area (Å²) in [6, 6.07) is 9.45. The van der Waals surface area contributed by atoms with Crippen molar-refractivity contribution < 1.29 is 19.7 Å². The van der Waals surface area contributed by atoms with Gasteiger partial charge in [0, 0.05) is 35.8 Å². The lowest BCUT2D eigenvalue weighted by molar-refractivity contribution is 0.0691. The summed E-state index contributed by atoms with van der Waals surface area (Å²) >= 11 is 1.11. The molecule has 2 N–H and O–H groups in total. The van der Waals surface area contributed by atoms with Crippen LogP contribution in [0.25, 0.3) is 16.4 Å². The van der Waals surface area contributed by atoms with Crippen LogP contribution in [0.3, 0.4) is 0 Å². The lowest BCUT2D eigenvalue weighted by atomic mass is 10.1. The van der Waals surface area contributed by atoms with E-state index in [0.29, 0.717) is 24.0 Å². The molecule has 0 saturated carbocycles. The zero-order chi connectivity index (χ0) is 18.1. The highest BCUT2D eigenvalue weighted by Gasteiger charge is 2.17. The Morgan fingerprint density at radius 2 is 2.04 bits per heavy atom. The van der Waals surface area contributed by atoms with E-state index in [4.69, 9.17) is 9.84 Å². The molecular weight excluding hydrogens is 356 g/mol. The Kier molecular flexibility index (Phi) is 4.31. The van der Waals surface area contributed by atoms with Crippen LogP contribution in [0.5, 0.6) is 5.88 Å². The number of ether oxygens (including phenoxy) is 1. The predicted molar refractivity (Wildman–Crippen MR) is 96.3 cm³/mol. The highest BCUT2D eigenvalue weighted by molar-refractivity contribution is 7.12. The van der Waals surface area contributed by atoms with Gasteiger partial charge >= 0.3 is 5.97 Å². The first-order valence-corrected chi connectivity index (χ1v) is 8.91. The Balaban J connectivity index is 1.65. The number of hydrogen-bond acceptors (Lipinski definition) is 7. The number of thiazole rings is 1. The molecule has 0 atom stereocenters. The number of rotatable bonds is 4. The van der Waals surface area contributed by atoms with E-state index < -0.39 is 5.97 Å². The molecule has 1 aromatic carbocycles. The van der Waals surface area contributed by atoms with Crippen LogP contribution in [0.1, 0.15) is 10.5 Å². The monoisotopic (exact) mass is 372 g/mol. The summed E-state index contributed by atoms with van der Waals surface area (Å²) in [4.78, 5) is 17.2. The summed E-state index contributed by atoms with van der Waals surface area (Å²) in [5, 5.41) is 25.3. The van der Waals surface area contributed by atoms with Gasteiger partial charge in [0.15, 0.2) is 5.69 Å². The number of carbonyl (C=O) groups is 1. The number of aromatic carboxylic acids is 1. The van der Waals surface area contributed by atoms with Gasteiger partial charge in [-0.15, -0.1) is 11.3 Å². The zero-order valence-electron chi connectivity index (χ0n) is 13.7.